The summed E-state index contributed by atoms with van der Waals surface area (Å²) >= 11 is 6.80. The molecule has 0 bridgehead atoms. The highest BCUT2D eigenvalue weighted by molar-refractivity contribution is 6.32. The Kier molecular flexibility index (Phi) is 7.02. The minimum absolute atomic E-state index is 0.0640. The molecule has 7 nitrogen and oxygen atoms in total. The highest BCUT2D eigenvalue weighted by atomic mass is 35.5. The number of hydrogen-bond donors (Lipinski definition) is 1. The van der Waals surface area contributed by atoms with Crippen molar-refractivity contribution in [2.45, 2.75) is 70.2 Å². The SMILES string of the molecule is CC1(C)C[C@H](N2C(=O)C[C@@](C)(c3cccc(Cc4ccc(OC(F)F)nc4)c3Cl)N=C2N)CCO1. The van der Waals surface area contributed by atoms with Crippen LogP contribution in [0, 0.1) is 0 Å². The number of nitrogens with zero attached hydrogens (tertiary/aromatic N) is 3. The lowest BCUT2D eigenvalue weighted by Crippen LogP contribution is -2.57. The van der Waals surface area contributed by atoms with E-state index in [-0.39, 0.29) is 35.8 Å². The molecule has 1 fully saturated rings. The largest absolute Gasteiger partial charge is 0.417 e. The maximum absolute atomic E-state index is 13.3. The van der Waals surface area contributed by atoms with E-state index in [0.29, 0.717) is 36.5 Å². The first-order chi connectivity index (χ1) is 16.5. The number of nitrogens with two attached hydrogens (primary N) is 1. The van der Waals surface area contributed by atoms with Crippen molar-refractivity contribution in [1.29, 1.82) is 0 Å². The second-order valence-electron chi connectivity index (χ2n) is 9.78. The van der Waals surface area contributed by atoms with Crippen LogP contribution in [0.1, 0.15) is 56.7 Å². The molecule has 3 heterocycles. The van der Waals surface area contributed by atoms with Gasteiger partial charge in [0.15, 0.2) is 5.96 Å². The maximum Gasteiger partial charge on any atom is 0.388 e. The van der Waals surface area contributed by atoms with Gasteiger partial charge in [0.1, 0.15) is 0 Å². The first-order valence-corrected chi connectivity index (χ1v) is 11.8. The average Bonchev–Trinajstić information content (AvgIpc) is 2.75. The zero-order valence-electron chi connectivity index (χ0n) is 19.9. The van der Waals surface area contributed by atoms with E-state index in [1.165, 1.54) is 12.3 Å². The van der Waals surface area contributed by atoms with Gasteiger partial charge in [-0.15, -0.1) is 0 Å². The molecule has 0 saturated carbocycles. The van der Waals surface area contributed by atoms with Crippen LogP contribution < -0.4 is 10.5 Å². The van der Waals surface area contributed by atoms with E-state index in [4.69, 9.17) is 27.1 Å². The normalized spacial score (nSPS) is 24.4. The van der Waals surface area contributed by atoms with Gasteiger partial charge < -0.3 is 15.2 Å². The van der Waals surface area contributed by atoms with Gasteiger partial charge in [-0.05, 0) is 50.3 Å². The first kappa shape index (κ1) is 25.3. The Morgan fingerprint density at radius 1 is 1.29 bits per heavy atom. The van der Waals surface area contributed by atoms with E-state index in [2.05, 4.69) is 9.72 Å². The number of halogens is 3. The average molecular weight is 507 g/mol. The number of rotatable bonds is 6. The van der Waals surface area contributed by atoms with Crippen LogP contribution in [0.4, 0.5) is 8.78 Å². The van der Waals surface area contributed by atoms with Gasteiger partial charge in [0.2, 0.25) is 11.8 Å². The van der Waals surface area contributed by atoms with E-state index in [1.807, 2.05) is 39.0 Å². The van der Waals surface area contributed by atoms with Crippen molar-refractivity contribution in [2.75, 3.05) is 6.61 Å². The van der Waals surface area contributed by atoms with Crippen LogP contribution in [0.5, 0.6) is 5.88 Å². The Balaban J connectivity index is 1.58. The second-order valence-corrected chi connectivity index (χ2v) is 10.2. The molecule has 0 unspecified atom stereocenters. The molecule has 188 valence electrons. The molecule has 0 radical (unpaired) electrons. The molecule has 1 aromatic heterocycles. The molecular weight excluding hydrogens is 478 g/mol. The predicted octanol–water partition coefficient (Wildman–Crippen LogP) is 4.65. The van der Waals surface area contributed by atoms with Gasteiger partial charge in [-0.2, -0.15) is 8.78 Å². The fourth-order valence-electron chi connectivity index (χ4n) is 4.85. The van der Waals surface area contributed by atoms with Crippen molar-refractivity contribution in [1.82, 2.24) is 9.88 Å². The van der Waals surface area contributed by atoms with Crippen LogP contribution in [0.3, 0.4) is 0 Å². The van der Waals surface area contributed by atoms with Gasteiger partial charge in [0.25, 0.3) is 0 Å². The van der Waals surface area contributed by atoms with Crippen molar-refractivity contribution < 1.29 is 23.0 Å². The van der Waals surface area contributed by atoms with Gasteiger partial charge >= 0.3 is 6.61 Å². The van der Waals surface area contributed by atoms with Crippen molar-refractivity contribution in [3.8, 4) is 5.88 Å². The van der Waals surface area contributed by atoms with Crippen LogP contribution in [0.2, 0.25) is 5.02 Å². The molecule has 2 aromatic rings. The third-order valence-electron chi connectivity index (χ3n) is 6.47. The number of alkyl halides is 2. The smallest absolute Gasteiger partial charge is 0.388 e. The number of amides is 1. The van der Waals surface area contributed by atoms with Gasteiger partial charge in [-0.3, -0.25) is 9.69 Å². The highest BCUT2D eigenvalue weighted by Gasteiger charge is 2.43. The van der Waals surface area contributed by atoms with Crippen LogP contribution in [-0.2, 0) is 21.5 Å². The third-order valence-corrected chi connectivity index (χ3v) is 6.92. The molecule has 4 rings (SSSR count). The zero-order valence-corrected chi connectivity index (χ0v) is 20.7. The lowest BCUT2D eigenvalue weighted by Gasteiger charge is -2.44. The minimum atomic E-state index is -2.93. The lowest BCUT2D eigenvalue weighted by molar-refractivity contribution is -0.136. The van der Waals surface area contributed by atoms with E-state index >= 15 is 0 Å². The Morgan fingerprint density at radius 3 is 2.69 bits per heavy atom. The highest BCUT2D eigenvalue weighted by Crippen LogP contribution is 2.40. The van der Waals surface area contributed by atoms with E-state index in [0.717, 1.165) is 11.1 Å². The number of hydrogen-bond acceptors (Lipinski definition) is 6. The summed E-state index contributed by atoms with van der Waals surface area (Å²) in [6, 6.07) is 8.55. The number of ether oxygens (including phenoxy) is 2. The van der Waals surface area contributed by atoms with Gasteiger partial charge in [-0.1, -0.05) is 35.9 Å². The molecule has 35 heavy (non-hydrogen) atoms. The number of benzene rings is 1. The predicted molar refractivity (Wildman–Crippen MR) is 129 cm³/mol. The number of aliphatic imine (C=N–C) groups is 1. The number of aromatic nitrogens is 1. The Bertz CT molecular complexity index is 1130. The van der Waals surface area contributed by atoms with Crippen LogP contribution in [-0.4, -0.2) is 46.6 Å². The second kappa shape index (κ2) is 9.70. The molecule has 2 aliphatic heterocycles. The fourth-order valence-corrected chi connectivity index (χ4v) is 5.24. The molecule has 0 spiro atoms. The summed E-state index contributed by atoms with van der Waals surface area (Å²) in [4.78, 5) is 23.6. The van der Waals surface area contributed by atoms with Crippen LogP contribution in [0.15, 0.2) is 41.5 Å². The fraction of sp³-hybridized carbons (Fsp3) is 0.480. The van der Waals surface area contributed by atoms with Gasteiger partial charge in [0.05, 0.1) is 17.6 Å². The summed E-state index contributed by atoms with van der Waals surface area (Å²) in [5.74, 6) is -0.0613. The molecular formula is C25H29ClF2N4O3. The standard InChI is InChI=1S/C25H29ClF2N4O3/c1-24(2)12-17(9-10-34-24)32-20(33)13-25(3,31-23(32)29)18-6-4-5-16(21(18)26)11-15-7-8-19(30-14-15)35-22(27)28/h4-8,14,17,22H,9-13H2,1-3H3,(H2,29,31)/t17-,25+/m1/s1. The Labute approximate surface area is 208 Å². The lowest BCUT2D eigenvalue weighted by atomic mass is 9.85. The van der Waals surface area contributed by atoms with Crippen molar-refractivity contribution >= 4 is 23.5 Å². The number of carbonyl (C=O) groups excluding carboxylic acids is 1. The zero-order chi connectivity index (χ0) is 25.4. The molecule has 0 aliphatic carbocycles. The Morgan fingerprint density at radius 2 is 2.06 bits per heavy atom. The topological polar surface area (TPSA) is 90.0 Å². The summed E-state index contributed by atoms with van der Waals surface area (Å²) in [5.41, 5.74) is 7.37. The molecule has 10 heteroatoms. The summed E-state index contributed by atoms with van der Waals surface area (Å²) in [6.45, 7) is 3.49. The maximum atomic E-state index is 13.3. The van der Waals surface area contributed by atoms with E-state index in [1.54, 1.807) is 11.0 Å². The van der Waals surface area contributed by atoms with Gasteiger partial charge in [0, 0.05) is 36.4 Å². The van der Waals surface area contributed by atoms with Gasteiger partial charge in [-0.25, -0.2) is 9.98 Å². The van der Waals surface area contributed by atoms with Crippen molar-refractivity contribution in [3.05, 3.63) is 58.2 Å². The van der Waals surface area contributed by atoms with Crippen LogP contribution in [0.25, 0.3) is 0 Å². The van der Waals surface area contributed by atoms with Crippen LogP contribution >= 0.6 is 11.6 Å². The Hall–Kier alpha value is -2.78. The quantitative estimate of drug-likeness (QED) is 0.616. The number of guanidine groups is 1. The molecule has 1 amide bonds. The van der Waals surface area contributed by atoms with E-state index < -0.39 is 12.2 Å². The molecule has 1 aromatic carbocycles. The number of pyridine rings is 1. The molecule has 1 saturated heterocycles. The summed E-state index contributed by atoms with van der Waals surface area (Å²) in [5, 5.41) is 0.480. The molecule has 2 aliphatic rings. The van der Waals surface area contributed by atoms with E-state index in [9.17, 15) is 13.6 Å². The molecule has 2 atom stereocenters. The summed E-state index contributed by atoms with van der Waals surface area (Å²) < 4.78 is 34.8. The summed E-state index contributed by atoms with van der Waals surface area (Å²) in [7, 11) is 0. The number of carbonyl (C=O) groups is 1. The molecule has 2 N–H and O–H groups in total. The minimum Gasteiger partial charge on any atom is -0.417 e. The third kappa shape index (κ3) is 5.56. The monoisotopic (exact) mass is 506 g/mol. The first-order valence-electron chi connectivity index (χ1n) is 11.5. The van der Waals surface area contributed by atoms with Crippen molar-refractivity contribution in [3.63, 3.8) is 0 Å². The summed E-state index contributed by atoms with van der Waals surface area (Å²) in [6.07, 6.45) is 3.40. The van der Waals surface area contributed by atoms with Crippen molar-refractivity contribution in [2.24, 2.45) is 10.7 Å².